The fraction of sp³-hybridized carbons (Fsp3) is 0.526. The number of benzene rings is 1. The number of esters is 2. The van der Waals surface area contributed by atoms with E-state index in [9.17, 15) is 14.4 Å². The Hall–Kier alpha value is -2.37. The van der Waals surface area contributed by atoms with Crippen molar-refractivity contribution in [3.63, 3.8) is 0 Å². The standard InChI is InChI=1S/C19H27NO5/c1-13(2)11-15(17(22)24-5)20-16(21)12-25-18(23)19(3,4)14-9-7-6-8-10-14/h6-10,13,15H,11-12H2,1-5H3,(H,20,21). The maximum atomic E-state index is 12.3. The predicted octanol–water partition coefficient (Wildman–Crippen LogP) is 2.21. The monoisotopic (exact) mass is 349 g/mol. The van der Waals surface area contributed by atoms with Crippen LogP contribution < -0.4 is 5.32 Å². The van der Waals surface area contributed by atoms with Crippen LogP contribution in [0.4, 0.5) is 0 Å². The molecule has 0 aliphatic rings. The molecule has 6 heteroatoms. The number of amides is 1. The quantitative estimate of drug-likeness (QED) is 0.728. The van der Waals surface area contributed by atoms with Gasteiger partial charge in [0, 0.05) is 0 Å². The van der Waals surface area contributed by atoms with Gasteiger partial charge in [0.1, 0.15) is 6.04 Å². The number of hydrogen-bond donors (Lipinski definition) is 1. The summed E-state index contributed by atoms with van der Waals surface area (Å²) >= 11 is 0. The minimum atomic E-state index is -0.874. The molecule has 0 aliphatic carbocycles. The summed E-state index contributed by atoms with van der Waals surface area (Å²) in [5.41, 5.74) is -0.0750. The van der Waals surface area contributed by atoms with Gasteiger partial charge < -0.3 is 14.8 Å². The van der Waals surface area contributed by atoms with Gasteiger partial charge in [0.25, 0.3) is 5.91 Å². The van der Waals surface area contributed by atoms with Gasteiger partial charge in [0.05, 0.1) is 12.5 Å². The molecule has 0 saturated carbocycles. The van der Waals surface area contributed by atoms with Crippen LogP contribution in [0.3, 0.4) is 0 Å². The summed E-state index contributed by atoms with van der Waals surface area (Å²) < 4.78 is 9.83. The van der Waals surface area contributed by atoms with Gasteiger partial charge >= 0.3 is 11.9 Å². The number of hydrogen-bond acceptors (Lipinski definition) is 5. The molecule has 1 aromatic carbocycles. The molecule has 0 spiro atoms. The van der Waals surface area contributed by atoms with Crippen LogP contribution in [-0.4, -0.2) is 37.6 Å². The van der Waals surface area contributed by atoms with Gasteiger partial charge in [-0.3, -0.25) is 9.59 Å². The molecule has 1 aromatic rings. The highest BCUT2D eigenvalue weighted by Gasteiger charge is 2.32. The molecule has 0 saturated heterocycles. The molecule has 0 radical (unpaired) electrons. The Morgan fingerprint density at radius 1 is 1.12 bits per heavy atom. The Morgan fingerprint density at radius 3 is 2.24 bits per heavy atom. The second-order valence-corrected chi connectivity index (χ2v) is 6.84. The minimum absolute atomic E-state index is 0.198. The topological polar surface area (TPSA) is 81.7 Å². The van der Waals surface area contributed by atoms with Crippen molar-refractivity contribution in [3.8, 4) is 0 Å². The van der Waals surface area contributed by atoms with E-state index in [0.717, 1.165) is 5.56 Å². The summed E-state index contributed by atoms with van der Waals surface area (Å²) in [7, 11) is 1.27. The first-order valence-electron chi connectivity index (χ1n) is 8.28. The molecule has 0 aromatic heterocycles. The van der Waals surface area contributed by atoms with E-state index in [1.54, 1.807) is 13.8 Å². The molecule has 0 aliphatic heterocycles. The Morgan fingerprint density at radius 2 is 1.72 bits per heavy atom. The van der Waals surface area contributed by atoms with Crippen molar-refractivity contribution < 1.29 is 23.9 Å². The van der Waals surface area contributed by atoms with Crippen LogP contribution in [-0.2, 0) is 29.3 Å². The van der Waals surface area contributed by atoms with Crippen molar-refractivity contribution in [1.82, 2.24) is 5.32 Å². The van der Waals surface area contributed by atoms with E-state index in [4.69, 9.17) is 9.47 Å². The number of methoxy groups -OCH3 is 1. The number of rotatable bonds is 8. The third-order valence-electron chi connectivity index (χ3n) is 3.87. The molecule has 6 nitrogen and oxygen atoms in total. The van der Waals surface area contributed by atoms with Crippen LogP contribution in [0.2, 0.25) is 0 Å². The fourth-order valence-electron chi connectivity index (χ4n) is 2.35. The molecule has 0 bridgehead atoms. The molecular weight excluding hydrogens is 322 g/mol. The SMILES string of the molecule is COC(=O)C(CC(C)C)NC(=O)COC(=O)C(C)(C)c1ccccc1. The van der Waals surface area contributed by atoms with Crippen molar-refractivity contribution >= 4 is 17.8 Å². The largest absolute Gasteiger partial charge is 0.467 e. The lowest BCUT2D eigenvalue weighted by atomic mass is 9.85. The molecule has 1 amide bonds. The van der Waals surface area contributed by atoms with E-state index in [0.29, 0.717) is 6.42 Å². The third-order valence-corrected chi connectivity index (χ3v) is 3.87. The van der Waals surface area contributed by atoms with Gasteiger partial charge in [-0.1, -0.05) is 44.2 Å². The first-order chi connectivity index (χ1) is 11.7. The molecule has 0 heterocycles. The zero-order chi connectivity index (χ0) is 19.0. The number of nitrogens with one attached hydrogen (secondary N) is 1. The van der Waals surface area contributed by atoms with E-state index in [2.05, 4.69) is 5.32 Å². The molecule has 25 heavy (non-hydrogen) atoms. The third kappa shape index (κ3) is 6.21. The van der Waals surface area contributed by atoms with Crippen LogP contribution in [0.1, 0.15) is 39.7 Å². The van der Waals surface area contributed by atoms with Crippen molar-refractivity contribution in [2.75, 3.05) is 13.7 Å². The highest BCUT2D eigenvalue weighted by Crippen LogP contribution is 2.24. The van der Waals surface area contributed by atoms with Crippen molar-refractivity contribution in [1.29, 1.82) is 0 Å². The number of carbonyl (C=O) groups excluding carboxylic acids is 3. The average molecular weight is 349 g/mol. The van der Waals surface area contributed by atoms with Gasteiger partial charge in [-0.25, -0.2) is 4.79 Å². The highest BCUT2D eigenvalue weighted by molar-refractivity contribution is 5.88. The summed E-state index contributed by atoms with van der Waals surface area (Å²) in [6, 6.07) is 8.45. The zero-order valence-electron chi connectivity index (χ0n) is 15.5. The Balaban J connectivity index is 2.62. The van der Waals surface area contributed by atoms with Gasteiger partial charge in [-0.05, 0) is 31.7 Å². The van der Waals surface area contributed by atoms with Crippen LogP contribution >= 0.6 is 0 Å². The summed E-state index contributed by atoms with van der Waals surface area (Å²) in [5, 5.41) is 2.55. The second-order valence-electron chi connectivity index (χ2n) is 6.84. The lowest BCUT2D eigenvalue weighted by Crippen LogP contribution is -2.44. The van der Waals surface area contributed by atoms with Crippen LogP contribution in [0.5, 0.6) is 0 Å². The summed E-state index contributed by atoms with van der Waals surface area (Å²) in [6.07, 6.45) is 0.446. The molecule has 0 fully saturated rings. The lowest BCUT2D eigenvalue weighted by Gasteiger charge is -2.23. The summed E-state index contributed by atoms with van der Waals surface area (Å²) in [5.74, 6) is -1.36. The maximum Gasteiger partial charge on any atom is 0.328 e. The molecular formula is C19H27NO5. The van der Waals surface area contributed by atoms with Crippen LogP contribution in [0.25, 0.3) is 0 Å². The molecule has 1 atom stereocenters. The van der Waals surface area contributed by atoms with Crippen molar-refractivity contribution in [2.24, 2.45) is 5.92 Å². The van der Waals surface area contributed by atoms with E-state index >= 15 is 0 Å². The Labute approximate surface area is 148 Å². The second kappa shape index (κ2) is 9.20. The summed E-state index contributed by atoms with van der Waals surface area (Å²) in [4.78, 5) is 36.1. The van der Waals surface area contributed by atoms with Crippen molar-refractivity contribution in [2.45, 2.75) is 45.6 Å². The van der Waals surface area contributed by atoms with E-state index in [1.807, 2.05) is 44.2 Å². The highest BCUT2D eigenvalue weighted by atomic mass is 16.5. The fourth-order valence-corrected chi connectivity index (χ4v) is 2.35. The van der Waals surface area contributed by atoms with Gasteiger partial charge in [0.2, 0.25) is 0 Å². The molecule has 1 rings (SSSR count). The smallest absolute Gasteiger partial charge is 0.328 e. The van der Waals surface area contributed by atoms with E-state index in [-0.39, 0.29) is 5.92 Å². The average Bonchev–Trinajstić information content (AvgIpc) is 2.58. The zero-order valence-corrected chi connectivity index (χ0v) is 15.5. The number of ether oxygens (including phenoxy) is 2. The summed E-state index contributed by atoms with van der Waals surface area (Å²) in [6.45, 7) is 6.90. The molecule has 1 unspecified atom stereocenters. The Kier molecular flexibility index (Phi) is 7.61. The minimum Gasteiger partial charge on any atom is -0.467 e. The molecule has 138 valence electrons. The van der Waals surface area contributed by atoms with Gasteiger partial charge in [-0.15, -0.1) is 0 Å². The Bertz CT molecular complexity index is 595. The van der Waals surface area contributed by atoms with Crippen molar-refractivity contribution in [3.05, 3.63) is 35.9 Å². The normalized spacial score (nSPS) is 12.4. The first-order valence-corrected chi connectivity index (χ1v) is 8.28. The first kappa shape index (κ1) is 20.7. The van der Waals surface area contributed by atoms with Crippen LogP contribution in [0, 0.1) is 5.92 Å². The predicted molar refractivity (Wildman–Crippen MR) is 93.8 cm³/mol. The maximum absolute atomic E-state index is 12.3. The van der Waals surface area contributed by atoms with Crippen LogP contribution in [0.15, 0.2) is 30.3 Å². The lowest BCUT2D eigenvalue weighted by molar-refractivity contribution is -0.154. The van der Waals surface area contributed by atoms with Gasteiger partial charge in [0.15, 0.2) is 6.61 Å². The number of carbonyl (C=O) groups is 3. The van der Waals surface area contributed by atoms with Gasteiger partial charge in [-0.2, -0.15) is 0 Å². The van der Waals surface area contributed by atoms with E-state index in [1.165, 1.54) is 7.11 Å². The van der Waals surface area contributed by atoms with E-state index < -0.39 is 35.9 Å². The molecule has 1 N–H and O–H groups in total.